The first-order valence-corrected chi connectivity index (χ1v) is 8.81. The first kappa shape index (κ1) is 17.7. The van der Waals surface area contributed by atoms with Gasteiger partial charge >= 0.3 is 0 Å². The van der Waals surface area contributed by atoms with E-state index >= 15 is 0 Å². The lowest BCUT2D eigenvalue weighted by Gasteiger charge is -2.08. The second-order valence-corrected chi connectivity index (χ2v) is 6.43. The summed E-state index contributed by atoms with van der Waals surface area (Å²) in [6, 6.07) is 16.5. The standard InChI is InChI=1S/C22H18FN3O2/c1-15-4-3-11-26-13-19(24-21(15)26)14-28-20-6-2-5-16(12-20)22(27)25-18-9-7-17(23)8-10-18/h2-13H,14H2,1H3,(H,25,27). The van der Waals surface area contributed by atoms with Gasteiger partial charge in [-0.2, -0.15) is 0 Å². The Bertz CT molecular complexity index is 1140. The highest BCUT2D eigenvalue weighted by Crippen LogP contribution is 2.18. The average Bonchev–Trinajstić information content (AvgIpc) is 3.13. The molecule has 0 saturated carbocycles. The molecule has 0 unspecified atom stereocenters. The van der Waals surface area contributed by atoms with Gasteiger partial charge in [0.25, 0.3) is 5.91 Å². The first-order chi connectivity index (χ1) is 13.6. The number of aryl methyl sites for hydroxylation is 1. The van der Waals surface area contributed by atoms with E-state index in [-0.39, 0.29) is 11.7 Å². The van der Waals surface area contributed by atoms with E-state index < -0.39 is 0 Å². The van der Waals surface area contributed by atoms with E-state index in [0.717, 1.165) is 16.9 Å². The summed E-state index contributed by atoms with van der Waals surface area (Å²) >= 11 is 0. The lowest BCUT2D eigenvalue weighted by atomic mass is 10.2. The number of nitrogens with one attached hydrogen (secondary N) is 1. The van der Waals surface area contributed by atoms with Crippen LogP contribution in [0.1, 0.15) is 21.6 Å². The molecular weight excluding hydrogens is 357 g/mol. The van der Waals surface area contributed by atoms with Crippen LogP contribution in [0.4, 0.5) is 10.1 Å². The van der Waals surface area contributed by atoms with Crippen molar-refractivity contribution in [2.75, 3.05) is 5.32 Å². The Morgan fingerprint density at radius 3 is 2.75 bits per heavy atom. The SMILES string of the molecule is Cc1cccn2cc(COc3cccc(C(=O)Nc4ccc(F)cc4)c3)nc12. The fourth-order valence-electron chi connectivity index (χ4n) is 2.89. The van der Waals surface area contributed by atoms with Crippen LogP contribution in [0.2, 0.25) is 0 Å². The molecule has 4 rings (SSSR count). The summed E-state index contributed by atoms with van der Waals surface area (Å²) in [6.07, 6.45) is 3.87. The molecule has 0 aliphatic rings. The molecule has 4 aromatic rings. The van der Waals surface area contributed by atoms with Crippen molar-refractivity contribution in [3.8, 4) is 5.75 Å². The van der Waals surface area contributed by atoms with E-state index in [4.69, 9.17) is 4.74 Å². The molecular formula is C22H18FN3O2. The zero-order chi connectivity index (χ0) is 19.5. The number of carbonyl (C=O) groups excluding carboxylic acids is 1. The van der Waals surface area contributed by atoms with Gasteiger partial charge in [0.1, 0.15) is 23.8 Å². The van der Waals surface area contributed by atoms with Crippen molar-refractivity contribution < 1.29 is 13.9 Å². The summed E-state index contributed by atoms with van der Waals surface area (Å²) in [5.41, 5.74) is 3.77. The maximum absolute atomic E-state index is 13.0. The number of carbonyl (C=O) groups is 1. The number of hydrogen-bond donors (Lipinski definition) is 1. The van der Waals surface area contributed by atoms with Gasteiger partial charge in [-0.3, -0.25) is 4.79 Å². The summed E-state index contributed by atoms with van der Waals surface area (Å²) in [7, 11) is 0. The molecule has 2 aromatic carbocycles. The quantitative estimate of drug-likeness (QED) is 0.554. The highest BCUT2D eigenvalue weighted by atomic mass is 19.1. The largest absolute Gasteiger partial charge is 0.487 e. The molecule has 2 aromatic heterocycles. The monoisotopic (exact) mass is 375 g/mol. The second kappa shape index (κ2) is 7.52. The van der Waals surface area contributed by atoms with Crippen LogP contribution in [0.5, 0.6) is 5.75 Å². The third-order valence-electron chi connectivity index (χ3n) is 4.31. The Morgan fingerprint density at radius 1 is 1.14 bits per heavy atom. The number of halogens is 1. The van der Waals surface area contributed by atoms with Crippen LogP contribution in [0.15, 0.2) is 73.1 Å². The van der Waals surface area contributed by atoms with Crippen LogP contribution in [-0.4, -0.2) is 15.3 Å². The number of nitrogens with zero attached hydrogens (tertiary/aromatic N) is 2. The Morgan fingerprint density at radius 2 is 1.96 bits per heavy atom. The van der Waals surface area contributed by atoms with E-state index in [1.807, 2.05) is 35.9 Å². The molecule has 0 bridgehead atoms. The minimum Gasteiger partial charge on any atom is -0.487 e. The minimum absolute atomic E-state index is 0.291. The lowest BCUT2D eigenvalue weighted by molar-refractivity contribution is 0.102. The number of hydrogen-bond acceptors (Lipinski definition) is 3. The normalized spacial score (nSPS) is 10.8. The fourth-order valence-corrected chi connectivity index (χ4v) is 2.89. The van der Waals surface area contributed by atoms with Gasteiger partial charge in [0.15, 0.2) is 0 Å². The van der Waals surface area contributed by atoms with Gasteiger partial charge in [-0.05, 0) is 61.0 Å². The molecule has 0 radical (unpaired) electrons. The van der Waals surface area contributed by atoms with Gasteiger partial charge in [0.2, 0.25) is 0 Å². The summed E-state index contributed by atoms with van der Waals surface area (Å²) < 4.78 is 20.8. The maximum atomic E-state index is 13.0. The number of aromatic nitrogens is 2. The van der Waals surface area contributed by atoms with Crippen molar-refractivity contribution in [3.63, 3.8) is 0 Å². The lowest BCUT2D eigenvalue weighted by Crippen LogP contribution is -2.12. The molecule has 0 aliphatic heterocycles. The highest BCUT2D eigenvalue weighted by molar-refractivity contribution is 6.04. The zero-order valence-electron chi connectivity index (χ0n) is 15.2. The van der Waals surface area contributed by atoms with Crippen molar-refractivity contribution >= 4 is 17.2 Å². The Kier molecular flexibility index (Phi) is 4.76. The molecule has 1 N–H and O–H groups in total. The number of pyridine rings is 1. The summed E-state index contributed by atoms with van der Waals surface area (Å²) in [5.74, 6) is -0.0727. The molecule has 2 heterocycles. The first-order valence-electron chi connectivity index (χ1n) is 8.81. The predicted molar refractivity (Wildman–Crippen MR) is 105 cm³/mol. The number of imidazole rings is 1. The number of fused-ring (bicyclic) bond motifs is 1. The van der Waals surface area contributed by atoms with Crippen LogP contribution < -0.4 is 10.1 Å². The van der Waals surface area contributed by atoms with Crippen molar-refractivity contribution in [1.82, 2.24) is 9.38 Å². The molecule has 0 spiro atoms. The molecule has 6 heteroatoms. The van der Waals surface area contributed by atoms with Crippen LogP contribution in [0, 0.1) is 12.7 Å². The number of ether oxygens (including phenoxy) is 1. The number of benzene rings is 2. The molecule has 28 heavy (non-hydrogen) atoms. The smallest absolute Gasteiger partial charge is 0.255 e. The van der Waals surface area contributed by atoms with E-state index in [1.165, 1.54) is 24.3 Å². The van der Waals surface area contributed by atoms with Crippen molar-refractivity contribution in [2.45, 2.75) is 13.5 Å². The van der Waals surface area contributed by atoms with Crippen molar-refractivity contribution in [1.29, 1.82) is 0 Å². The Hall–Kier alpha value is -3.67. The van der Waals surface area contributed by atoms with E-state index in [2.05, 4.69) is 10.3 Å². The van der Waals surface area contributed by atoms with E-state index in [1.54, 1.807) is 24.3 Å². The van der Waals surface area contributed by atoms with E-state index in [0.29, 0.717) is 23.6 Å². The van der Waals surface area contributed by atoms with Crippen LogP contribution in [0.3, 0.4) is 0 Å². The third-order valence-corrected chi connectivity index (χ3v) is 4.31. The van der Waals surface area contributed by atoms with Gasteiger partial charge < -0.3 is 14.5 Å². The Balaban J connectivity index is 1.44. The molecule has 0 fully saturated rings. The zero-order valence-corrected chi connectivity index (χ0v) is 15.2. The average molecular weight is 375 g/mol. The number of rotatable bonds is 5. The van der Waals surface area contributed by atoms with Crippen molar-refractivity contribution in [3.05, 3.63) is 95.7 Å². The van der Waals surface area contributed by atoms with Gasteiger partial charge in [-0.15, -0.1) is 0 Å². The second-order valence-electron chi connectivity index (χ2n) is 6.43. The van der Waals surface area contributed by atoms with Gasteiger partial charge in [-0.1, -0.05) is 12.1 Å². The fraction of sp³-hybridized carbons (Fsp3) is 0.0909. The summed E-state index contributed by atoms with van der Waals surface area (Å²) in [4.78, 5) is 17.0. The number of amides is 1. The van der Waals surface area contributed by atoms with Crippen LogP contribution in [-0.2, 0) is 6.61 Å². The topological polar surface area (TPSA) is 55.6 Å². The number of anilines is 1. The molecule has 0 aliphatic carbocycles. The Labute approximate surface area is 161 Å². The molecule has 5 nitrogen and oxygen atoms in total. The van der Waals surface area contributed by atoms with Crippen molar-refractivity contribution in [2.24, 2.45) is 0 Å². The van der Waals surface area contributed by atoms with E-state index in [9.17, 15) is 9.18 Å². The highest BCUT2D eigenvalue weighted by Gasteiger charge is 2.09. The molecule has 140 valence electrons. The summed E-state index contributed by atoms with van der Waals surface area (Å²) in [5, 5.41) is 2.73. The summed E-state index contributed by atoms with van der Waals surface area (Å²) in [6.45, 7) is 2.31. The van der Waals surface area contributed by atoms with Crippen LogP contribution in [0.25, 0.3) is 5.65 Å². The minimum atomic E-state index is -0.351. The molecule has 0 saturated heterocycles. The molecule has 1 amide bonds. The molecule has 0 atom stereocenters. The van der Waals surface area contributed by atoms with Gasteiger partial charge in [0, 0.05) is 23.6 Å². The predicted octanol–water partition coefficient (Wildman–Crippen LogP) is 4.61. The van der Waals surface area contributed by atoms with Gasteiger partial charge in [0.05, 0.1) is 5.69 Å². The van der Waals surface area contributed by atoms with Crippen LogP contribution >= 0.6 is 0 Å². The maximum Gasteiger partial charge on any atom is 0.255 e. The van der Waals surface area contributed by atoms with Gasteiger partial charge in [-0.25, -0.2) is 9.37 Å². The third kappa shape index (κ3) is 3.86.